The van der Waals surface area contributed by atoms with Crippen LogP contribution in [0.3, 0.4) is 0 Å². The molecule has 1 saturated heterocycles. The Labute approximate surface area is 129 Å². The van der Waals surface area contributed by atoms with Crippen LogP contribution in [0, 0.1) is 10.1 Å². The Kier molecular flexibility index (Phi) is 5.85. The third-order valence-corrected chi connectivity index (χ3v) is 3.83. The molecule has 0 spiro atoms. The zero-order chi connectivity index (χ0) is 15.9. The highest BCUT2D eigenvalue weighted by Gasteiger charge is 2.17. The van der Waals surface area contributed by atoms with E-state index in [2.05, 4.69) is 10.2 Å². The summed E-state index contributed by atoms with van der Waals surface area (Å²) in [6.45, 7) is 6.48. The molecule has 22 heavy (non-hydrogen) atoms. The molecule has 1 aliphatic heterocycles. The summed E-state index contributed by atoms with van der Waals surface area (Å²) in [5, 5.41) is 13.5. The van der Waals surface area contributed by atoms with Gasteiger partial charge >= 0.3 is 0 Å². The molecule has 0 aromatic heterocycles. The van der Waals surface area contributed by atoms with Gasteiger partial charge in [0.15, 0.2) is 0 Å². The maximum atomic E-state index is 12.1. The smallest absolute Gasteiger partial charge is 0.269 e. The normalized spacial score (nSPS) is 17.0. The molecular formula is C15H21N3O4. The molecule has 1 fully saturated rings. The molecule has 1 aromatic rings. The van der Waals surface area contributed by atoms with Crippen LogP contribution in [0.1, 0.15) is 18.4 Å². The average Bonchev–Trinajstić information content (AvgIpc) is 2.55. The molecule has 1 heterocycles. The predicted octanol–water partition coefficient (Wildman–Crippen LogP) is 1.15. The van der Waals surface area contributed by atoms with Crippen molar-refractivity contribution in [2.45, 2.75) is 12.8 Å². The lowest BCUT2D eigenvalue weighted by atomic mass is 10.00. The number of rotatable bonds is 6. The Bertz CT molecular complexity index is 512. The van der Waals surface area contributed by atoms with Gasteiger partial charge in [-0.05, 0) is 12.5 Å². The first-order valence-electron chi connectivity index (χ1n) is 7.40. The van der Waals surface area contributed by atoms with Gasteiger partial charge < -0.3 is 10.1 Å². The van der Waals surface area contributed by atoms with Gasteiger partial charge in [-0.25, -0.2) is 0 Å². The van der Waals surface area contributed by atoms with Crippen molar-refractivity contribution >= 4 is 11.6 Å². The zero-order valence-corrected chi connectivity index (χ0v) is 12.7. The highest BCUT2D eigenvalue weighted by Crippen LogP contribution is 2.19. The largest absolute Gasteiger partial charge is 0.379 e. The van der Waals surface area contributed by atoms with Crippen LogP contribution in [0.15, 0.2) is 24.3 Å². The van der Waals surface area contributed by atoms with Crippen molar-refractivity contribution in [1.29, 1.82) is 0 Å². The molecule has 0 aliphatic carbocycles. The van der Waals surface area contributed by atoms with Gasteiger partial charge in [0.2, 0.25) is 5.91 Å². The fraction of sp³-hybridized carbons (Fsp3) is 0.533. The van der Waals surface area contributed by atoms with E-state index < -0.39 is 4.92 Å². The number of carbonyl (C=O) groups is 1. The summed E-state index contributed by atoms with van der Waals surface area (Å²) in [6.07, 6.45) is 0. The van der Waals surface area contributed by atoms with Crippen molar-refractivity contribution in [3.8, 4) is 0 Å². The van der Waals surface area contributed by atoms with Gasteiger partial charge in [-0.3, -0.25) is 19.8 Å². The third-order valence-electron chi connectivity index (χ3n) is 3.83. The van der Waals surface area contributed by atoms with Crippen LogP contribution >= 0.6 is 0 Å². The number of nitro benzene ring substituents is 1. The molecule has 1 amide bonds. The summed E-state index contributed by atoms with van der Waals surface area (Å²) in [5.74, 6) is -0.396. The predicted molar refractivity (Wildman–Crippen MR) is 81.8 cm³/mol. The molecule has 0 radical (unpaired) electrons. The lowest BCUT2D eigenvalue weighted by molar-refractivity contribution is -0.384. The average molecular weight is 307 g/mol. The van der Waals surface area contributed by atoms with E-state index in [0.29, 0.717) is 6.54 Å². The summed E-state index contributed by atoms with van der Waals surface area (Å²) in [7, 11) is 0. The number of morpholine rings is 1. The van der Waals surface area contributed by atoms with E-state index in [1.165, 1.54) is 12.1 Å². The second-order valence-electron chi connectivity index (χ2n) is 5.32. The van der Waals surface area contributed by atoms with E-state index in [1.54, 1.807) is 19.1 Å². The second-order valence-corrected chi connectivity index (χ2v) is 5.32. The highest BCUT2D eigenvalue weighted by molar-refractivity contribution is 5.83. The Morgan fingerprint density at radius 1 is 1.36 bits per heavy atom. The highest BCUT2D eigenvalue weighted by atomic mass is 16.6. The van der Waals surface area contributed by atoms with Gasteiger partial charge in [-0.1, -0.05) is 12.1 Å². The number of carbonyl (C=O) groups excluding carboxylic acids is 1. The summed E-state index contributed by atoms with van der Waals surface area (Å²) < 4.78 is 5.27. The van der Waals surface area contributed by atoms with E-state index in [1.807, 2.05) is 0 Å². The minimum Gasteiger partial charge on any atom is -0.379 e. The number of nitrogens with zero attached hydrogens (tertiary/aromatic N) is 2. The molecule has 0 unspecified atom stereocenters. The van der Waals surface area contributed by atoms with Crippen LogP contribution in [-0.2, 0) is 9.53 Å². The minimum absolute atomic E-state index is 0.0312. The van der Waals surface area contributed by atoms with Gasteiger partial charge in [-0.2, -0.15) is 0 Å². The van der Waals surface area contributed by atoms with Crippen LogP contribution in [0.2, 0.25) is 0 Å². The second kappa shape index (κ2) is 7.86. The lowest BCUT2D eigenvalue weighted by Crippen LogP contribution is -2.42. The number of ether oxygens (including phenoxy) is 1. The molecule has 120 valence electrons. The van der Waals surface area contributed by atoms with Crippen LogP contribution in [0.5, 0.6) is 0 Å². The number of benzene rings is 1. The quantitative estimate of drug-likeness (QED) is 0.629. The number of nitro groups is 1. The Morgan fingerprint density at radius 3 is 2.59 bits per heavy atom. The maximum absolute atomic E-state index is 12.1. The SMILES string of the molecule is C[C@H](C(=O)NCCN1CCOCC1)c1ccc([N+](=O)[O-])cc1. The van der Waals surface area contributed by atoms with Crippen molar-refractivity contribution in [3.63, 3.8) is 0 Å². The molecule has 2 rings (SSSR count). The lowest BCUT2D eigenvalue weighted by Gasteiger charge is -2.26. The van der Waals surface area contributed by atoms with E-state index >= 15 is 0 Å². The van der Waals surface area contributed by atoms with Crippen LogP contribution in [0.25, 0.3) is 0 Å². The number of nitrogens with one attached hydrogen (secondary N) is 1. The number of non-ortho nitro benzene ring substituents is 1. The first-order chi connectivity index (χ1) is 10.6. The standard InChI is InChI=1S/C15H21N3O4/c1-12(13-2-4-14(5-3-13)18(20)21)15(19)16-6-7-17-8-10-22-11-9-17/h2-5,12H,6-11H2,1H3,(H,16,19)/t12-/m0/s1. The molecule has 7 heteroatoms. The minimum atomic E-state index is -0.448. The first-order valence-corrected chi connectivity index (χ1v) is 7.40. The number of hydrogen-bond donors (Lipinski definition) is 1. The molecular weight excluding hydrogens is 286 g/mol. The van der Waals surface area contributed by atoms with E-state index in [9.17, 15) is 14.9 Å². The molecule has 1 atom stereocenters. The molecule has 1 aromatic carbocycles. The molecule has 7 nitrogen and oxygen atoms in total. The monoisotopic (exact) mass is 307 g/mol. The van der Waals surface area contributed by atoms with Crippen LogP contribution in [-0.4, -0.2) is 55.1 Å². The molecule has 0 saturated carbocycles. The van der Waals surface area contributed by atoms with Crippen LogP contribution in [0.4, 0.5) is 5.69 Å². The van der Waals surface area contributed by atoms with Gasteiger partial charge in [0.05, 0.1) is 24.1 Å². The summed E-state index contributed by atoms with van der Waals surface area (Å²) in [6, 6.07) is 6.11. The topological polar surface area (TPSA) is 84.7 Å². The van der Waals surface area contributed by atoms with E-state index in [-0.39, 0.29) is 17.5 Å². The van der Waals surface area contributed by atoms with E-state index in [4.69, 9.17) is 4.74 Å². The first kappa shape index (κ1) is 16.4. The molecule has 1 aliphatic rings. The Hall–Kier alpha value is -1.99. The van der Waals surface area contributed by atoms with Crippen molar-refractivity contribution in [1.82, 2.24) is 10.2 Å². The van der Waals surface area contributed by atoms with Crippen molar-refractivity contribution in [3.05, 3.63) is 39.9 Å². The summed E-state index contributed by atoms with van der Waals surface area (Å²) >= 11 is 0. The van der Waals surface area contributed by atoms with Gasteiger partial charge in [0.25, 0.3) is 5.69 Å². The maximum Gasteiger partial charge on any atom is 0.269 e. The van der Waals surface area contributed by atoms with Crippen molar-refractivity contribution < 1.29 is 14.5 Å². The summed E-state index contributed by atoms with van der Waals surface area (Å²) in [4.78, 5) is 24.5. The fourth-order valence-electron chi connectivity index (χ4n) is 2.35. The summed E-state index contributed by atoms with van der Waals surface area (Å²) in [5.41, 5.74) is 0.804. The zero-order valence-electron chi connectivity index (χ0n) is 12.7. The number of amides is 1. The van der Waals surface area contributed by atoms with Gasteiger partial charge in [-0.15, -0.1) is 0 Å². The molecule has 1 N–H and O–H groups in total. The van der Waals surface area contributed by atoms with Crippen LogP contribution < -0.4 is 5.32 Å². The Morgan fingerprint density at radius 2 is 2.00 bits per heavy atom. The Balaban J connectivity index is 1.79. The van der Waals surface area contributed by atoms with Crippen molar-refractivity contribution in [2.75, 3.05) is 39.4 Å². The van der Waals surface area contributed by atoms with Gasteiger partial charge in [0, 0.05) is 38.3 Å². The number of hydrogen-bond acceptors (Lipinski definition) is 5. The van der Waals surface area contributed by atoms with E-state index in [0.717, 1.165) is 38.4 Å². The van der Waals surface area contributed by atoms with Gasteiger partial charge in [0.1, 0.15) is 0 Å². The fourth-order valence-corrected chi connectivity index (χ4v) is 2.35. The van der Waals surface area contributed by atoms with Crippen molar-refractivity contribution in [2.24, 2.45) is 0 Å². The third kappa shape index (κ3) is 4.51. The molecule has 0 bridgehead atoms.